The van der Waals surface area contributed by atoms with Crippen molar-refractivity contribution >= 4 is 18.0 Å². The number of carbonyl (C=O) groups excluding carboxylic acids is 2. The molecule has 0 aliphatic heterocycles. The molecule has 142 valence electrons. The van der Waals surface area contributed by atoms with E-state index in [2.05, 4.69) is 10.6 Å². The summed E-state index contributed by atoms with van der Waals surface area (Å²) in [5.41, 5.74) is 1.15. The largest absolute Gasteiger partial charge is 0.505 e. The van der Waals surface area contributed by atoms with Crippen molar-refractivity contribution in [3.8, 4) is 17.2 Å². The summed E-state index contributed by atoms with van der Waals surface area (Å²) < 4.78 is 5.76. The van der Waals surface area contributed by atoms with Crippen LogP contribution in [0.1, 0.15) is 28.9 Å². The molecule has 0 saturated heterocycles. The normalized spacial score (nSPS) is 11.3. The number of aromatic hydroxyl groups is 1. The number of hydrogen-bond acceptors (Lipinski definition) is 4. The summed E-state index contributed by atoms with van der Waals surface area (Å²) in [7, 11) is 0. The molecule has 3 aromatic carbocycles. The molecule has 2 amide bonds. The Morgan fingerprint density at radius 1 is 0.964 bits per heavy atom. The van der Waals surface area contributed by atoms with E-state index >= 15 is 0 Å². The standard InChI is InChI=1S/C22H20N2O4/c1-15(24-22(27)19-8-5-9-20(21(19)26)23-14-25)16-10-12-18(13-11-16)28-17-6-3-2-4-7-17/h2-15,26H,1H3,(H,23,25)(H,24,27). The van der Waals surface area contributed by atoms with Crippen molar-refractivity contribution in [3.63, 3.8) is 0 Å². The van der Waals surface area contributed by atoms with Gasteiger partial charge < -0.3 is 20.5 Å². The second-order valence-corrected chi connectivity index (χ2v) is 6.14. The topological polar surface area (TPSA) is 87.7 Å². The number of para-hydroxylation sites is 2. The number of amides is 2. The summed E-state index contributed by atoms with van der Waals surface area (Å²) >= 11 is 0. The zero-order chi connectivity index (χ0) is 19.9. The van der Waals surface area contributed by atoms with Crippen LogP contribution in [0, 0.1) is 0 Å². The lowest BCUT2D eigenvalue weighted by molar-refractivity contribution is -0.105. The monoisotopic (exact) mass is 376 g/mol. The molecular weight excluding hydrogens is 356 g/mol. The van der Waals surface area contributed by atoms with E-state index in [1.54, 1.807) is 6.07 Å². The van der Waals surface area contributed by atoms with Crippen LogP contribution in [0.15, 0.2) is 72.8 Å². The Labute approximate surface area is 162 Å². The Hall–Kier alpha value is -3.80. The SMILES string of the molecule is CC(NC(=O)c1cccc(NC=O)c1O)c1ccc(Oc2ccccc2)cc1. The maximum atomic E-state index is 12.5. The summed E-state index contributed by atoms with van der Waals surface area (Å²) in [4.78, 5) is 23.1. The molecule has 0 fully saturated rings. The highest BCUT2D eigenvalue weighted by molar-refractivity contribution is 5.99. The van der Waals surface area contributed by atoms with Gasteiger partial charge in [0, 0.05) is 0 Å². The minimum absolute atomic E-state index is 0.0859. The zero-order valence-electron chi connectivity index (χ0n) is 15.3. The molecule has 3 aromatic rings. The van der Waals surface area contributed by atoms with Gasteiger partial charge in [-0.25, -0.2) is 0 Å². The van der Waals surface area contributed by atoms with E-state index in [0.717, 1.165) is 11.3 Å². The van der Waals surface area contributed by atoms with Gasteiger partial charge in [-0.05, 0) is 48.9 Å². The van der Waals surface area contributed by atoms with Crippen LogP contribution < -0.4 is 15.4 Å². The second kappa shape index (κ2) is 8.73. The first-order chi connectivity index (χ1) is 13.6. The second-order valence-electron chi connectivity index (χ2n) is 6.14. The van der Waals surface area contributed by atoms with Crippen LogP contribution in [0.4, 0.5) is 5.69 Å². The lowest BCUT2D eigenvalue weighted by Crippen LogP contribution is -2.26. The minimum atomic E-state index is -0.441. The van der Waals surface area contributed by atoms with Crippen molar-refractivity contribution in [3.05, 3.63) is 83.9 Å². The Balaban J connectivity index is 1.67. The average Bonchev–Trinajstić information content (AvgIpc) is 2.71. The number of phenolic OH excluding ortho intramolecular Hbond substituents is 1. The van der Waals surface area contributed by atoms with Crippen LogP contribution in [0.3, 0.4) is 0 Å². The van der Waals surface area contributed by atoms with E-state index < -0.39 is 5.91 Å². The van der Waals surface area contributed by atoms with E-state index in [1.807, 2.05) is 61.5 Å². The smallest absolute Gasteiger partial charge is 0.255 e. The van der Waals surface area contributed by atoms with E-state index in [0.29, 0.717) is 12.2 Å². The first kappa shape index (κ1) is 19.0. The molecule has 1 unspecified atom stereocenters. The van der Waals surface area contributed by atoms with Crippen LogP contribution in [0.25, 0.3) is 0 Å². The molecule has 6 heteroatoms. The fraction of sp³-hybridized carbons (Fsp3) is 0.0909. The van der Waals surface area contributed by atoms with Crippen LogP contribution in [0.2, 0.25) is 0 Å². The predicted octanol–water partition coefficient (Wildman–Crippen LogP) is 4.24. The first-order valence-corrected chi connectivity index (χ1v) is 8.74. The number of rotatable bonds is 7. The summed E-state index contributed by atoms with van der Waals surface area (Å²) in [6, 6.07) is 21.2. The Morgan fingerprint density at radius 3 is 2.32 bits per heavy atom. The molecule has 28 heavy (non-hydrogen) atoms. The van der Waals surface area contributed by atoms with Gasteiger partial charge >= 0.3 is 0 Å². The summed E-state index contributed by atoms with van der Waals surface area (Å²) in [6.45, 7) is 1.84. The number of nitrogens with one attached hydrogen (secondary N) is 2. The maximum Gasteiger partial charge on any atom is 0.255 e. The highest BCUT2D eigenvalue weighted by Gasteiger charge is 2.17. The van der Waals surface area contributed by atoms with Gasteiger partial charge in [0.25, 0.3) is 5.91 Å². The van der Waals surface area contributed by atoms with Crippen LogP contribution in [0.5, 0.6) is 17.2 Å². The minimum Gasteiger partial charge on any atom is -0.505 e. The van der Waals surface area contributed by atoms with Gasteiger partial charge in [0.1, 0.15) is 11.5 Å². The fourth-order valence-electron chi connectivity index (χ4n) is 2.71. The van der Waals surface area contributed by atoms with Gasteiger partial charge in [0.2, 0.25) is 6.41 Å². The van der Waals surface area contributed by atoms with Gasteiger partial charge in [0.15, 0.2) is 5.75 Å². The molecule has 0 aromatic heterocycles. The molecule has 0 spiro atoms. The van der Waals surface area contributed by atoms with Crippen molar-refractivity contribution < 1.29 is 19.4 Å². The summed E-state index contributed by atoms with van der Waals surface area (Å²) in [5, 5.41) is 15.3. The summed E-state index contributed by atoms with van der Waals surface area (Å²) in [6.07, 6.45) is 0.443. The Kier molecular flexibility index (Phi) is 5.91. The van der Waals surface area contributed by atoms with Gasteiger partial charge in [-0.3, -0.25) is 9.59 Å². The number of benzene rings is 3. The molecule has 0 aliphatic carbocycles. The van der Waals surface area contributed by atoms with Gasteiger partial charge in [0.05, 0.1) is 17.3 Å². The van der Waals surface area contributed by atoms with E-state index in [-0.39, 0.29) is 23.0 Å². The molecule has 0 aliphatic rings. The van der Waals surface area contributed by atoms with Gasteiger partial charge in [-0.2, -0.15) is 0 Å². The number of ether oxygens (including phenoxy) is 1. The fourth-order valence-corrected chi connectivity index (χ4v) is 2.71. The van der Waals surface area contributed by atoms with Gasteiger partial charge in [-0.15, -0.1) is 0 Å². The third-order valence-corrected chi connectivity index (χ3v) is 4.20. The quantitative estimate of drug-likeness (QED) is 0.425. The van der Waals surface area contributed by atoms with Crippen LogP contribution in [-0.2, 0) is 4.79 Å². The molecule has 0 bridgehead atoms. The van der Waals surface area contributed by atoms with E-state index in [4.69, 9.17) is 4.74 Å². The van der Waals surface area contributed by atoms with Crippen LogP contribution in [-0.4, -0.2) is 17.4 Å². The van der Waals surface area contributed by atoms with Crippen LogP contribution >= 0.6 is 0 Å². The van der Waals surface area contributed by atoms with Crippen molar-refractivity contribution in [2.75, 3.05) is 5.32 Å². The molecule has 6 nitrogen and oxygen atoms in total. The maximum absolute atomic E-state index is 12.5. The third kappa shape index (κ3) is 4.48. The number of phenols is 1. The molecule has 1 atom stereocenters. The van der Waals surface area contributed by atoms with Crippen molar-refractivity contribution in [1.82, 2.24) is 5.32 Å². The van der Waals surface area contributed by atoms with E-state index in [1.165, 1.54) is 12.1 Å². The highest BCUT2D eigenvalue weighted by atomic mass is 16.5. The van der Waals surface area contributed by atoms with Crippen molar-refractivity contribution in [2.24, 2.45) is 0 Å². The number of anilines is 1. The highest BCUT2D eigenvalue weighted by Crippen LogP contribution is 2.28. The number of hydrogen-bond donors (Lipinski definition) is 3. The molecule has 3 rings (SSSR count). The molecule has 0 saturated carbocycles. The average molecular weight is 376 g/mol. The summed E-state index contributed by atoms with van der Waals surface area (Å²) in [5.74, 6) is 0.727. The Morgan fingerprint density at radius 2 is 1.64 bits per heavy atom. The first-order valence-electron chi connectivity index (χ1n) is 8.74. The number of carbonyl (C=O) groups is 2. The van der Waals surface area contributed by atoms with E-state index in [9.17, 15) is 14.7 Å². The predicted molar refractivity (Wildman–Crippen MR) is 107 cm³/mol. The molecule has 3 N–H and O–H groups in total. The molecule has 0 radical (unpaired) electrons. The van der Waals surface area contributed by atoms with Crippen molar-refractivity contribution in [2.45, 2.75) is 13.0 Å². The van der Waals surface area contributed by atoms with Crippen molar-refractivity contribution in [1.29, 1.82) is 0 Å². The lowest BCUT2D eigenvalue weighted by atomic mass is 10.1. The molecular formula is C22H20N2O4. The zero-order valence-corrected chi connectivity index (χ0v) is 15.3. The molecule has 0 heterocycles. The third-order valence-electron chi connectivity index (χ3n) is 4.20. The lowest BCUT2D eigenvalue weighted by Gasteiger charge is -2.16. The van der Waals surface area contributed by atoms with Gasteiger partial charge in [-0.1, -0.05) is 36.4 Å². The Bertz CT molecular complexity index is 956.